The molecule has 1 unspecified atom stereocenters. The summed E-state index contributed by atoms with van der Waals surface area (Å²) in [5.41, 5.74) is 0.410. The average molecular weight is 464 g/mol. The second-order valence-corrected chi connectivity index (χ2v) is 9.35. The van der Waals surface area contributed by atoms with Crippen molar-refractivity contribution in [3.05, 3.63) is 48.2 Å². The van der Waals surface area contributed by atoms with Crippen molar-refractivity contribution in [2.75, 3.05) is 37.2 Å². The van der Waals surface area contributed by atoms with Gasteiger partial charge in [-0.15, -0.1) is 0 Å². The normalized spacial score (nSPS) is 11.9. The summed E-state index contributed by atoms with van der Waals surface area (Å²) >= 11 is 0.964. The first-order chi connectivity index (χ1) is 14.9. The Bertz CT molecular complexity index is 873. The van der Waals surface area contributed by atoms with Crippen molar-refractivity contribution in [2.45, 2.75) is 31.6 Å². The third kappa shape index (κ3) is 9.20. The molecule has 0 fully saturated rings. The Hall–Kier alpha value is -2.23. The number of ether oxygens (including phenoxy) is 1. The second-order valence-electron chi connectivity index (χ2n) is 6.98. The summed E-state index contributed by atoms with van der Waals surface area (Å²) in [6, 6.07) is 10.3. The molecular formula is C22H29N3O4S2. The first-order valence-corrected chi connectivity index (χ1v) is 12.2. The lowest BCUT2D eigenvalue weighted by Crippen LogP contribution is -2.21. The number of nitrogens with zero attached hydrogens (tertiary/aromatic N) is 2. The fourth-order valence-electron chi connectivity index (χ4n) is 2.70. The number of nitrogens with one attached hydrogen (secondary N) is 1. The minimum Gasteiger partial charge on any atom is -0.494 e. The molecular weight excluding hydrogens is 434 g/mol. The van der Waals surface area contributed by atoms with Gasteiger partial charge in [-0.05, 0) is 62.8 Å². The van der Waals surface area contributed by atoms with Crippen molar-refractivity contribution >= 4 is 39.5 Å². The number of pyridine rings is 1. The van der Waals surface area contributed by atoms with E-state index in [0.29, 0.717) is 22.9 Å². The molecule has 1 N–H and O–H groups in total. The van der Waals surface area contributed by atoms with Crippen LogP contribution in [0.4, 0.5) is 5.82 Å². The molecule has 1 heterocycles. The summed E-state index contributed by atoms with van der Waals surface area (Å²) in [6.45, 7) is 6.30. The number of Topliss-reactive ketones (excluding diaryl/α,β-unsaturated/α-hetero) is 1. The number of rotatable bonds is 13. The number of ketones is 1. The average Bonchev–Trinajstić information content (AvgIpc) is 2.76. The Morgan fingerprint density at radius 3 is 2.52 bits per heavy atom. The summed E-state index contributed by atoms with van der Waals surface area (Å²) in [5.74, 6) is 1.04. The van der Waals surface area contributed by atoms with E-state index < -0.39 is 11.0 Å². The zero-order valence-electron chi connectivity index (χ0n) is 18.1. The molecule has 0 aliphatic heterocycles. The lowest BCUT2D eigenvalue weighted by molar-refractivity contribution is -0.109. The molecule has 1 aromatic carbocycles. The Balaban J connectivity index is 1.81. The molecule has 2 rings (SSSR count). The van der Waals surface area contributed by atoms with Crippen LogP contribution in [0.25, 0.3) is 0 Å². The molecule has 0 saturated carbocycles. The topological polar surface area (TPSA) is 88.6 Å². The minimum absolute atomic E-state index is 0.0829. The van der Waals surface area contributed by atoms with Gasteiger partial charge in [-0.1, -0.05) is 18.7 Å². The van der Waals surface area contributed by atoms with E-state index in [1.165, 1.54) is 13.1 Å². The predicted molar refractivity (Wildman–Crippen MR) is 126 cm³/mol. The maximum absolute atomic E-state index is 12.5. The SMILES string of the molecule is CCCN(C)CCCOc1ccc(S(=O)Nc2ccc(C(=O)CSC(C)=O)cn2)cc1. The zero-order valence-corrected chi connectivity index (χ0v) is 19.8. The van der Waals surface area contributed by atoms with Gasteiger partial charge in [-0.25, -0.2) is 9.19 Å². The van der Waals surface area contributed by atoms with Gasteiger partial charge < -0.3 is 9.64 Å². The number of hydrogen-bond donors (Lipinski definition) is 1. The number of thioether (sulfide) groups is 1. The van der Waals surface area contributed by atoms with Crippen molar-refractivity contribution in [1.82, 2.24) is 9.88 Å². The zero-order chi connectivity index (χ0) is 22.6. The van der Waals surface area contributed by atoms with E-state index in [1.807, 2.05) is 0 Å². The Labute approximate surface area is 190 Å². The summed E-state index contributed by atoms with van der Waals surface area (Å²) in [7, 11) is 0.612. The lowest BCUT2D eigenvalue weighted by atomic mass is 10.2. The van der Waals surface area contributed by atoms with E-state index in [4.69, 9.17) is 4.74 Å². The van der Waals surface area contributed by atoms with Crippen molar-refractivity contribution < 1.29 is 18.5 Å². The maximum atomic E-state index is 12.5. The number of carbonyl (C=O) groups is 2. The summed E-state index contributed by atoms with van der Waals surface area (Å²) < 4.78 is 21.1. The van der Waals surface area contributed by atoms with Crippen LogP contribution in [0.1, 0.15) is 37.0 Å². The molecule has 0 aliphatic rings. The molecule has 0 amide bonds. The fourth-order valence-corrected chi connectivity index (χ4v) is 4.01. The number of aromatic nitrogens is 1. The van der Waals surface area contributed by atoms with E-state index in [2.05, 4.69) is 28.6 Å². The third-order valence-corrected chi connectivity index (χ3v) is 6.19. The molecule has 0 radical (unpaired) electrons. The van der Waals surface area contributed by atoms with Crippen LogP contribution in [0.5, 0.6) is 5.75 Å². The highest BCUT2D eigenvalue weighted by atomic mass is 32.2. The molecule has 0 spiro atoms. The van der Waals surface area contributed by atoms with E-state index in [1.54, 1.807) is 36.4 Å². The maximum Gasteiger partial charge on any atom is 0.186 e. The van der Waals surface area contributed by atoms with Crippen molar-refractivity contribution in [1.29, 1.82) is 0 Å². The Kier molecular flexibility index (Phi) is 10.7. The predicted octanol–water partition coefficient (Wildman–Crippen LogP) is 3.79. The van der Waals surface area contributed by atoms with Gasteiger partial charge in [0.15, 0.2) is 21.9 Å². The van der Waals surface area contributed by atoms with Gasteiger partial charge in [0.05, 0.1) is 17.3 Å². The molecule has 168 valence electrons. The largest absolute Gasteiger partial charge is 0.494 e. The van der Waals surface area contributed by atoms with Gasteiger partial charge in [0.2, 0.25) is 0 Å². The van der Waals surface area contributed by atoms with E-state index in [9.17, 15) is 13.8 Å². The standard InChI is InChI=1S/C22H29N3O4S2/c1-4-12-25(3)13-5-14-29-19-7-9-20(10-8-19)31(28)24-22-11-6-18(15-23-22)21(27)16-30-17(2)26/h6-11,15H,4-5,12-14,16H2,1-3H3,(H,23,24). The summed E-state index contributed by atoms with van der Waals surface area (Å²) in [4.78, 5) is 30.0. The van der Waals surface area contributed by atoms with Gasteiger partial charge in [0.25, 0.3) is 0 Å². The molecule has 1 atom stereocenters. The number of hydrogen-bond acceptors (Lipinski definition) is 7. The lowest BCUT2D eigenvalue weighted by Gasteiger charge is -2.15. The third-order valence-electron chi connectivity index (χ3n) is 4.29. The molecule has 7 nitrogen and oxygen atoms in total. The van der Waals surface area contributed by atoms with Crippen LogP contribution in [0.15, 0.2) is 47.5 Å². The van der Waals surface area contributed by atoms with Crippen molar-refractivity contribution in [2.24, 2.45) is 0 Å². The quantitative estimate of drug-likeness (QED) is 0.357. The van der Waals surface area contributed by atoms with Crippen LogP contribution in [-0.4, -0.2) is 57.5 Å². The van der Waals surface area contributed by atoms with Crippen LogP contribution in [0.2, 0.25) is 0 Å². The molecule has 0 bridgehead atoms. The van der Waals surface area contributed by atoms with E-state index in [0.717, 1.165) is 43.4 Å². The van der Waals surface area contributed by atoms with Crippen LogP contribution >= 0.6 is 11.8 Å². The smallest absolute Gasteiger partial charge is 0.186 e. The molecule has 31 heavy (non-hydrogen) atoms. The monoisotopic (exact) mass is 463 g/mol. The fraction of sp³-hybridized carbons (Fsp3) is 0.409. The minimum atomic E-state index is -1.49. The van der Waals surface area contributed by atoms with Crippen LogP contribution in [0.3, 0.4) is 0 Å². The van der Waals surface area contributed by atoms with Crippen LogP contribution in [-0.2, 0) is 15.8 Å². The Morgan fingerprint density at radius 2 is 1.90 bits per heavy atom. The van der Waals surface area contributed by atoms with Crippen molar-refractivity contribution in [3.63, 3.8) is 0 Å². The second kappa shape index (κ2) is 13.2. The van der Waals surface area contributed by atoms with Gasteiger partial charge in [-0.3, -0.25) is 14.3 Å². The molecule has 0 aliphatic carbocycles. The highest BCUT2D eigenvalue weighted by Gasteiger charge is 2.10. The number of benzene rings is 1. The first kappa shape index (κ1) is 25.0. The van der Waals surface area contributed by atoms with Gasteiger partial charge in [0, 0.05) is 25.2 Å². The number of anilines is 1. The van der Waals surface area contributed by atoms with Gasteiger partial charge in [0.1, 0.15) is 11.6 Å². The van der Waals surface area contributed by atoms with Crippen molar-refractivity contribution in [3.8, 4) is 5.75 Å². The van der Waals surface area contributed by atoms with E-state index in [-0.39, 0.29) is 16.7 Å². The van der Waals surface area contributed by atoms with Gasteiger partial charge >= 0.3 is 0 Å². The van der Waals surface area contributed by atoms with Crippen LogP contribution < -0.4 is 9.46 Å². The molecule has 9 heteroatoms. The summed E-state index contributed by atoms with van der Waals surface area (Å²) in [6.07, 6.45) is 3.50. The van der Waals surface area contributed by atoms with Gasteiger partial charge in [-0.2, -0.15) is 0 Å². The summed E-state index contributed by atoms with van der Waals surface area (Å²) in [5, 5.41) is -0.106. The molecule has 2 aromatic rings. The van der Waals surface area contributed by atoms with E-state index >= 15 is 0 Å². The number of carbonyl (C=O) groups excluding carboxylic acids is 2. The molecule has 1 aromatic heterocycles. The van der Waals surface area contributed by atoms with Crippen LogP contribution in [0, 0.1) is 0 Å². The highest BCUT2D eigenvalue weighted by molar-refractivity contribution is 8.14. The molecule has 0 saturated heterocycles. The Morgan fingerprint density at radius 1 is 1.16 bits per heavy atom. The first-order valence-electron chi connectivity index (χ1n) is 10.1. The highest BCUT2D eigenvalue weighted by Crippen LogP contribution is 2.17.